The molecule has 5 aromatic carbocycles. The van der Waals surface area contributed by atoms with Crippen LogP contribution >= 0.6 is 0 Å². The first-order valence-electron chi connectivity index (χ1n) is 26.3. The lowest BCUT2D eigenvalue weighted by Gasteiger charge is -2.36. The molecule has 0 aliphatic carbocycles. The van der Waals surface area contributed by atoms with Crippen LogP contribution in [-0.2, 0) is 0 Å². The predicted molar refractivity (Wildman–Crippen MR) is 272 cm³/mol. The van der Waals surface area contributed by atoms with E-state index in [1.54, 1.807) is 9.80 Å². The van der Waals surface area contributed by atoms with E-state index in [0.29, 0.717) is 57.7 Å². The zero-order valence-corrected chi connectivity index (χ0v) is 41.7. The first-order valence-corrected chi connectivity index (χ1v) is 26.3. The Labute approximate surface area is 394 Å². The van der Waals surface area contributed by atoms with Crippen molar-refractivity contribution in [1.82, 2.24) is 9.80 Å². The van der Waals surface area contributed by atoms with Gasteiger partial charge in [0, 0.05) is 50.1 Å². The van der Waals surface area contributed by atoms with Crippen molar-refractivity contribution >= 4 is 66.7 Å². The molecule has 0 radical (unpaired) electrons. The number of rotatable bonds is 28. The van der Waals surface area contributed by atoms with Gasteiger partial charge in [0.05, 0.1) is 24.3 Å². The second-order valence-electron chi connectivity index (χ2n) is 20.5. The fraction of sp³-hybridized carbons (Fsp3) is 0.586. The molecule has 0 saturated carbocycles. The second kappa shape index (κ2) is 22.4. The molecule has 0 bridgehead atoms. The van der Waals surface area contributed by atoms with Gasteiger partial charge < -0.3 is 9.47 Å². The van der Waals surface area contributed by atoms with Crippen LogP contribution in [0.4, 0.5) is 0 Å². The van der Waals surface area contributed by atoms with E-state index in [2.05, 4.69) is 55.4 Å². The first kappa shape index (κ1) is 49.2. The molecule has 2 aliphatic heterocycles. The van der Waals surface area contributed by atoms with Crippen LogP contribution in [0.5, 0.6) is 11.5 Å². The summed E-state index contributed by atoms with van der Waals surface area (Å²) in [4.78, 5) is 63.5. The molecular formula is C58H78N2O6. The standard InChI is InChI=1S/C58H78N2O6/c1-9-13-17-21-25-39(26-22-18-14-10-2)59-55(61)43-31-29-41-49-42(30-32-44(50(43)49)56(59)62)53-48(66-36-38(7)8)34-46-51-45(33-47(52(41)54(51)53)65-35-37(5)6)57(63)60(58(46)64)40(27-23-19-15-11-3)28-24-20-16-12-4/h29-34,37-40H,9-28,35-36H2,1-8H3. The molecule has 8 nitrogen and oxygen atoms in total. The van der Waals surface area contributed by atoms with E-state index in [-0.39, 0.29) is 47.5 Å². The highest BCUT2D eigenvalue weighted by molar-refractivity contribution is 6.43. The molecule has 66 heavy (non-hydrogen) atoms. The highest BCUT2D eigenvalue weighted by atomic mass is 16.5. The molecule has 8 heteroatoms. The van der Waals surface area contributed by atoms with Crippen molar-refractivity contribution in [3.63, 3.8) is 0 Å². The summed E-state index contributed by atoms with van der Waals surface area (Å²) in [5.74, 6) is 0.512. The molecule has 0 aromatic heterocycles. The van der Waals surface area contributed by atoms with Crippen LogP contribution in [-0.4, -0.2) is 58.7 Å². The summed E-state index contributed by atoms with van der Waals surface area (Å²) in [6.45, 7) is 18.1. The van der Waals surface area contributed by atoms with Gasteiger partial charge in [-0.15, -0.1) is 0 Å². The van der Waals surface area contributed by atoms with Crippen molar-refractivity contribution in [3.8, 4) is 11.5 Å². The molecule has 0 atom stereocenters. The van der Waals surface area contributed by atoms with E-state index in [1.807, 2.05) is 36.4 Å². The normalized spacial score (nSPS) is 14.2. The molecule has 0 saturated heterocycles. The minimum atomic E-state index is -0.266. The van der Waals surface area contributed by atoms with E-state index in [1.165, 1.54) is 0 Å². The number of unbranched alkanes of at least 4 members (excludes halogenated alkanes) is 12. The quantitative estimate of drug-likeness (QED) is 0.0215. The van der Waals surface area contributed by atoms with Gasteiger partial charge in [0.2, 0.25) is 0 Å². The van der Waals surface area contributed by atoms with Crippen LogP contribution in [0.15, 0.2) is 36.4 Å². The van der Waals surface area contributed by atoms with Crippen molar-refractivity contribution in [2.24, 2.45) is 11.8 Å². The number of ether oxygens (including phenoxy) is 2. The van der Waals surface area contributed by atoms with Gasteiger partial charge in [-0.3, -0.25) is 29.0 Å². The summed E-state index contributed by atoms with van der Waals surface area (Å²) in [5.41, 5.74) is 2.02. The number of fused-ring (bicyclic) bond motifs is 2. The summed E-state index contributed by atoms with van der Waals surface area (Å²) in [7, 11) is 0. The molecule has 0 unspecified atom stereocenters. The molecular weight excluding hydrogens is 821 g/mol. The largest absolute Gasteiger partial charge is 0.493 e. The fourth-order valence-electron chi connectivity index (χ4n) is 10.9. The number of imide groups is 2. The van der Waals surface area contributed by atoms with Gasteiger partial charge >= 0.3 is 0 Å². The summed E-state index contributed by atoms with van der Waals surface area (Å²) >= 11 is 0. The van der Waals surface area contributed by atoms with Gasteiger partial charge in [-0.25, -0.2) is 0 Å². The number of carbonyl (C=O) groups excluding carboxylic acids is 4. The Hall–Kier alpha value is -4.72. The third-order valence-electron chi connectivity index (χ3n) is 14.3. The van der Waals surface area contributed by atoms with Crippen LogP contribution < -0.4 is 9.47 Å². The molecule has 0 spiro atoms. The van der Waals surface area contributed by atoms with Crippen molar-refractivity contribution in [1.29, 1.82) is 0 Å². The molecule has 5 aromatic rings. The zero-order valence-electron chi connectivity index (χ0n) is 41.7. The zero-order chi connectivity index (χ0) is 47.1. The topological polar surface area (TPSA) is 93.2 Å². The molecule has 2 aliphatic rings. The number of hydrogen-bond donors (Lipinski definition) is 0. The van der Waals surface area contributed by atoms with Crippen molar-refractivity contribution in [2.75, 3.05) is 13.2 Å². The minimum Gasteiger partial charge on any atom is -0.493 e. The van der Waals surface area contributed by atoms with E-state index in [0.717, 1.165) is 161 Å². The maximum atomic E-state index is 15.2. The van der Waals surface area contributed by atoms with E-state index < -0.39 is 0 Å². The Balaban J connectivity index is 1.46. The van der Waals surface area contributed by atoms with Crippen molar-refractivity contribution in [2.45, 2.75) is 196 Å². The van der Waals surface area contributed by atoms with Crippen LogP contribution in [0, 0.1) is 11.8 Å². The summed E-state index contributed by atoms with van der Waals surface area (Å²) in [5, 5.41) is 6.05. The smallest absolute Gasteiger partial charge is 0.261 e. The Kier molecular flexibility index (Phi) is 16.7. The average Bonchev–Trinajstić information content (AvgIpc) is 3.30. The van der Waals surface area contributed by atoms with Crippen LogP contribution in [0.25, 0.3) is 43.1 Å². The van der Waals surface area contributed by atoms with Gasteiger partial charge in [0.1, 0.15) is 11.5 Å². The Morgan fingerprint density at radius 1 is 0.394 bits per heavy atom. The predicted octanol–water partition coefficient (Wildman–Crippen LogP) is 15.6. The fourth-order valence-corrected chi connectivity index (χ4v) is 10.9. The number of nitrogens with zero attached hydrogens (tertiary/aromatic N) is 2. The highest BCUT2D eigenvalue weighted by Gasteiger charge is 2.42. The summed E-state index contributed by atoms with van der Waals surface area (Å²) < 4.78 is 13.6. The number of carbonyl (C=O) groups is 4. The summed E-state index contributed by atoms with van der Waals surface area (Å²) in [6.07, 6.45) is 20.4. The maximum absolute atomic E-state index is 15.2. The SMILES string of the molecule is CCCCCCC(CCCCCC)N1C(=O)c2ccc3c4c(OCC(C)C)cc5c6c(cc(OCC(C)C)c(c7ccc(c2c37)C1=O)c64)C(=O)N(C(CCCCCC)CCCCCC)C5=O. The molecule has 7 rings (SSSR count). The Morgan fingerprint density at radius 2 is 0.727 bits per heavy atom. The lowest BCUT2D eigenvalue weighted by molar-refractivity contribution is 0.0501. The van der Waals surface area contributed by atoms with E-state index in [4.69, 9.17) is 9.47 Å². The van der Waals surface area contributed by atoms with Crippen LogP contribution in [0.2, 0.25) is 0 Å². The molecule has 0 N–H and O–H groups in total. The lowest BCUT2D eigenvalue weighted by Crippen LogP contribution is -2.47. The summed E-state index contributed by atoms with van der Waals surface area (Å²) in [6, 6.07) is 11.2. The van der Waals surface area contributed by atoms with E-state index >= 15 is 9.59 Å². The maximum Gasteiger partial charge on any atom is 0.261 e. The van der Waals surface area contributed by atoms with Gasteiger partial charge in [0.15, 0.2) is 0 Å². The first-order chi connectivity index (χ1) is 32.0. The average molecular weight is 899 g/mol. The van der Waals surface area contributed by atoms with Gasteiger partial charge in [-0.2, -0.15) is 0 Å². The number of benzene rings is 5. The van der Waals surface area contributed by atoms with Crippen LogP contribution in [0.1, 0.15) is 225 Å². The van der Waals surface area contributed by atoms with Gasteiger partial charge in [-0.1, -0.05) is 170 Å². The number of amides is 4. The third kappa shape index (κ3) is 9.81. The van der Waals surface area contributed by atoms with Crippen molar-refractivity contribution in [3.05, 3.63) is 58.7 Å². The monoisotopic (exact) mass is 899 g/mol. The molecule has 356 valence electrons. The Bertz CT molecular complexity index is 2360. The van der Waals surface area contributed by atoms with Gasteiger partial charge in [0.25, 0.3) is 23.6 Å². The lowest BCUT2D eigenvalue weighted by atomic mass is 9.81. The highest BCUT2D eigenvalue weighted by Crippen LogP contribution is 2.52. The molecule has 2 heterocycles. The van der Waals surface area contributed by atoms with E-state index in [9.17, 15) is 9.59 Å². The second-order valence-corrected chi connectivity index (χ2v) is 20.5. The molecule has 0 fully saturated rings. The van der Waals surface area contributed by atoms with Crippen LogP contribution in [0.3, 0.4) is 0 Å². The number of hydrogen-bond acceptors (Lipinski definition) is 6. The third-order valence-corrected chi connectivity index (χ3v) is 14.3. The Morgan fingerprint density at radius 3 is 1.06 bits per heavy atom. The van der Waals surface area contributed by atoms with Gasteiger partial charge in [-0.05, 0) is 77.9 Å². The molecule has 4 amide bonds. The minimum absolute atomic E-state index is 0.167. The van der Waals surface area contributed by atoms with Crippen molar-refractivity contribution < 1.29 is 28.7 Å².